The van der Waals surface area contributed by atoms with Crippen molar-refractivity contribution in [2.45, 2.75) is 13.8 Å². The summed E-state index contributed by atoms with van der Waals surface area (Å²) in [5.41, 5.74) is 8.12. The van der Waals surface area contributed by atoms with Crippen LogP contribution in [0.25, 0.3) is 0 Å². The Balaban J connectivity index is 2.40. The maximum absolute atomic E-state index is 7.50. The van der Waals surface area contributed by atoms with Crippen LogP contribution in [-0.2, 0) is 0 Å². The van der Waals surface area contributed by atoms with Crippen LogP contribution in [0, 0.1) is 19.3 Å². The summed E-state index contributed by atoms with van der Waals surface area (Å²) < 4.78 is 5.75. The average Bonchev–Trinajstić information content (AvgIpc) is 2.34. The fourth-order valence-corrected chi connectivity index (χ4v) is 1.60. The molecule has 0 saturated carbocycles. The van der Waals surface area contributed by atoms with E-state index >= 15 is 0 Å². The lowest BCUT2D eigenvalue weighted by atomic mass is 10.1. The van der Waals surface area contributed by atoms with Crippen LogP contribution in [0.1, 0.15) is 16.7 Å². The van der Waals surface area contributed by atoms with Crippen LogP contribution in [0.2, 0.25) is 0 Å². The zero-order chi connectivity index (χ0) is 13.1. The van der Waals surface area contributed by atoms with Gasteiger partial charge in [0.2, 0.25) is 5.88 Å². The first-order valence-electron chi connectivity index (χ1n) is 5.62. The molecule has 3 N–H and O–H groups in total. The Hall–Kier alpha value is -2.36. The molecule has 0 aliphatic carbocycles. The number of aromatic nitrogens is 1. The van der Waals surface area contributed by atoms with Crippen LogP contribution in [0.3, 0.4) is 0 Å². The fraction of sp³-hybridized carbons (Fsp3) is 0.143. The lowest BCUT2D eigenvalue weighted by Crippen LogP contribution is -2.13. The lowest BCUT2D eigenvalue weighted by molar-refractivity contribution is 0.458. The maximum atomic E-state index is 7.50. The molecule has 4 heteroatoms. The second-order valence-electron chi connectivity index (χ2n) is 4.14. The molecule has 1 heterocycles. The van der Waals surface area contributed by atoms with Gasteiger partial charge in [-0.1, -0.05) is 12.1 Å². The third-order valence-corrected chi connectivity index (χ3v) is 2.61. The minimum atomic E-state index is -0.0524. The molecule has 2 aromatic rings. The van der Waals surface area contributed by atoms with Crippen LogP contribution in [0.15, 0.2) is 36.5 Å². The van der Waals surface area contributed by atoms with Gasteiger partial charge in [-0.3, -0.25) is 5.41 Å². The molecule has 0 radical (unpaired) electrons. The van der Waals surface area contributed by atoms with Crippen molar-refractivity contribution in [3.63, 3.8) is 0 Å². The van der Waals surface area contributed by atoms with Gasteiger partial charge in [-0.2, -0.15) is 0 Å². The van der Waals surface area contributed by atoms with E-state index in [-0.39, 0.29) is 5.84 Å². The lowest BCUT2D eigenvalue weighted by Gasteiger charge is -2.11. The average molecular weight is 241 g/mol. The minimum absolute atomic E-state index is 0.0524. The molecule has 0 amide bonds. The van der Waals surface area contributed by atoms with Crippen molar-refractivity contribution in [1.29, 1.82) is 5.41 Å². The van der Waals surface area contributed by atoms with Gasteiger partial charge in [0.1, 0.15) is 11.6 Å². The molecule has 0 saturated heterocycles. The van der Waals surface area contributed by atoms with E-state index in [1.54, 1.807) is 18.3 Å². The molecular formula is C14H15N3O. The van der Waals surface area contributed by atoms with Crippen LogP contribution in [-0.4, -0.2) is 10.8 Å². The standard InChI is InChI=1S/C14H15N3O/c1-9-5-6-10(2)12(8-9)18-14-11(13(15)16)4-3-7-17-14/h3-8H,1-2H3,(H3,15,16). The topological polar surface area (TPSA) is 72.0 Å². The summed E-state index contributed by atoms with van der Waals surface area (Å²) in [6, 6.07) is 9.39. The van der Waals surface area contributed by atoms with E-state index in [1.165, 1.54) is 0 Å². The van der Waals surface area contributed by atoms with Crippen molar-refractivity contribution in [1.82, 2.24) is 4.98 Å². The Morgan fingerprint density at radius 1 is 1.28 bits per heavy atom. The van der Waals surface area contributed by atoms with Gasteiger partial charge in [0.15, 0.2) is 0 Å². The number of nitrogens with one attached hydrogen (secondary N) is 1. The first kappa shape index (κ1) is 12.1. The van der Waals surface area contributed by atoms with E-state index < -0.39 is 0 Å². The van der Waals surface area contributed by atoms with E-state index in [0.717, 1.165) is 16.9 Å². The number of hydrogen-bond donors (Lipinski definition) is 2. The van der Waals surface area contributed by atoms with E-state index in [0.29, 0.717) is 11.4 Å². The second-order valence-corrected chi connectivity index (χ2v) is 4.14. The zero-order valence-electron chi connectivity index (χ0n) is 10.4. The second kappa shape index (κ2) is 4.87. The highest BCUT2D eigenvalue weighted by atomic mass is 16.5. The number of amidine groups is 1. The Kier molecular flexibility index (Phi) is 3.28. The number of benzene rings is 1. The van der Waals surface area contributed by atoms with Crippen molar-refractivity contribution in [2.75, 3.05) is 0 Å². The highest BCUT2D eigenvalue weighted by molar-refractivity contribution is 5.97. The Bertz CT molecular complexity index is 593. The summed E-state index contributed by atoms with van der Waals surface area (Å²) >= 11 is 0. The molecule has 0 aliphatic rings. The third kappa shape index (κ3) is 2.48. The molecule has 92 valence electrons. The minimum Gasteiger partial charge on any atom is -0.438 e. The van der Waals surface area contributed by atoms with E-state index in [2.05, 4.69) is 4.98 Å². The van der Waals surface area contributed by atoms with E-state index in [9.17, 15) is 0 Å². The molecule has 0 bridgehead atoms. The SMILES string of the molecule is Cc1ccc(C)c(Oc2ncccc2C(=N)N)c1. The molecule has 1 aromatic carbocycles. The van der Waals surface area contributed by atoms with Crippen molar-refractivity contribution in [3.8, 4) is 11.6 Å². The number of rotatable bonds is 3. The molecule has 0 atom stereocenters. The third-order valence-electron chi connectivity index (χ3n) is 2.61. The number of nitrogens with zero attached hydrogens (tertiary/aromatic N) is 1. The van der Waals surface area contributed by atoms with Crippen molar-refractivity contribution >= 4 is 5.84 Å². The van der Waals surface area contributed by atoms with Crippen LogP contribution in [0.4, 0.5) is 0 Å². The number of nitrogens with two attached hydrogens (primary N) is 1. The smallest absolute Gasteiger partial charge is 0.230 e. The van der Waals surface area contributed by atoms with Gasteiger partial charge in [0, 0.05) is 6.20 Å². The van der Waals surface area contributed by atoms with Gasteiger partial charge in [-0.25, -0.2) is 4.98 Å². The summed E-state index contributed by atoms with van der Waals surface area (Å²) in [5.74, 6) is 1.04. The molecule has 0 aliphatic heterocycles. The molecule has 0 fully saturated rings. The number of aryl methyl sites for hydroxylation is 2. The van der Waals surface area contributed by atoms with Crippen molar-refractivity contribution in [2.24, 2.45) is 5.73 Å². The van der Waals surface area contributed by atoms with E-state index in [4.69, 9.17) is 15.9 Å². The van der Waals surface area contributed by atoms with Gasteiger partial charge in [-0.05, 0) is 43.2 Å². The van der Waals surface area contributed by atoms with Crippen LogP contribution < -0.4 is 10.5 Å². The van der Waals surface area contributed by atoms with Gasteiger partial charge >= 0.3 is 0 Å². The quantitative estimate of drug-likeness (QED) is 0.641. The maximum Gasteiger partial charge on any atom is 0.230 e. The Morgan fingerprint density at radius 3 is 2.78 bits per heavy atom. The van der Waals surface area contributed by atoms with Crippen LogP contribution in [0.5, 0.6) is 11.6 Å². The summed E-state index contributed by atoms with van der Waals surface area (Å²) in [6.07, 6.45) is 1.62. The molecule has 18 heavy (non-hydrogen) atoms. The van der Waals surface area contributed by atoms with Crippen LogP contribution >= 0.6 is 0 Å². The van der Waals surface area contributed by atoms with Gasteiger partial charge in [-0.15, -0.1) is 0 Å². The van der Waals surface area contributed by atoms with Crippen molar-refractivity contribution < 1.29 is 4.74 Å². The van der Waals surface area contributed by atoms with Gasteiger partial charge < -0.3 is 10.5 Å². The summed E-state index contributed by atoms with van der Waals surface area (Å²) in [7, 11) is 0. The molecule has 0 unspecified atom stereocenters. The number of hydrogen-bond acceptors (Lipinski definition) is 3. The Morgan fingerprint density at radius 2 is 2.06 bits per heavy atom. The van der Waals surface area contributed by atoms with E-state index in [1.807, 2.05) is 32.0 Å². The van der Waals surface area contributed by atoms with Gasteiger partial charge in [0.25, 0.3) is 0 Å². The summed E-state index contributed by atoms with van der Waals surface area (Å²) in [4.78, 5) is 4.12. The van der Waals surface area contributed by atoms with Gasteiger partial charge in [0.05, 0.1) is 5.56 Å². The molecule has 1 aromatic heterocycles. The fourth-order valence-electron chi connectivity index (χ4n) is 1.60. The molecule has 4 nitrogen and oxygen atoms in total. The first-order chi connectivity index (χ1) is 8.58. The molecular weight excluding hydrogens is 226 g/mol. The normalized spacial score (nSPS) is 10.1. The predicted octanol–water partition coefficient (Wildman–Crippen LogP) is 2.77. The number of pyridine rings is 1. The largest absolute Gasteiger partial charge is 0.438 e. The zero-order valence-corrected chi connectivity index (χ0v) is 10.4. The molecule has 0 spiro atoms. The monoisotopic (exact) mass is 241 g/mol. The van der Waals surface area contributed by atoms with Crippen molar-refractivity contribution in [3.05, 3.63) is 53.2 Å². The number of nitrogen functional groups attached to an aromatic ring is 1. The first-order valence-corrected chi connectivity index (χ1v) is 5.62. The highest BCUT2D eigenvalue weighted by Gasteiger charge is 2.09. The highest BCUT2D eigenvalue weighted by Crippen LogP contribution is 2.26. The molecule has 2 rings (SSSR count). The Labute approximate surface area is 106 Å². The predicted molar refractivity (Wildman–Crippen MR) is 71.2 cm³/mol. The number of ether oxygens (including phenoxy) is 1. The summed E-state index contributed by atoms with van der Waals surface area (Å²) in [5, 5.41) is 7.50. The summed E-state index contributed by atoms with van der Waals surface area (Å²) in [6.45, 7) is 3.96.